The molecule has 0 spiro atoms. The van der Waals surface area contributed by atoms with Crippen molar-refractivity contribution >= 4 is 11.8 Å². The van der Waals surface area contributed by atoms with E-state index in [1.807, 2.05) is 18.2 Å². The highest BCUT2D eigenvalue weighted by Gasteiger charge is 2.38. The van der Waals surface area contributed by atoms with Crippen LogP contribution >= 0.6 is 0 Å². The van der Waals surface area contributed by atoms with Gasteiger partial charge in [-0.1, -0.05) is 108 Å². The molecule has 1 N–H and O–H groups in total. The lowest BCUT2D eigenvalue weighted by Gasteiger charge is -2.34. The molecule has 4 heteroatoms. The van der Waals surface area contributed by atoms with E-state index < -0.39 is 0 Å². The molecule has 1 fully saturated rings. The van der Waals surface area contributed by atoms with E-state index in [0.29, 0.717) is 12.5 Å². The van der Waals surface area contributed by atoms with Crippen LogP contribution in [0.15, 0.2) is 102 Å². The average molecular weight is 446 g/mol. The van der Waals surface area contributed by atoms with Crippen molar-refractivity contribution in [3.05, 3.63) is 131 Å². The van der Waals surface area contributed by atoms with Crippen LogP contribution < -0.4 is 0 Å². The van der Waals surface area contributed by atoms with Crippen molar-refractivity contribution in [2.75, 3.05) is 0 Å². The van der Waals surface area contributed by atoms with E-state index >= 15 is 0 Å². The molecule has 0 radical (unpaired) electrons. The van der Waals surface area contributed by atoms with Crippen LogP contribution in [-0.4, -0.2) is 15.9 Å². The molecule has 0 amide bonds. The first-order valence-corrected chi connectivity index (χ1v) is 12.0. The molecule has 0 aliphatic heterocycles. The van der Waals surface area contributed by atoms with Gasteiger partial charge < -0.3 is 4.84 Å². The number of hydrogen-bond donors (Lipinski definition) is 1. The molecule has 0 bridgehead atoms. The van der Waals surface area contributed by atoms with Gasteiger partial charge in [0.1, 0.15) is 18.0 Å². The zero-order valence-corrected chi connectivity index (χ0v) is 19.0. The van der Waals surface area contributed by atoms with E-state index in [2.05, 4.69) is 95.2 Å². The predicted molar refractivity (Wildman–Crippen MR) is 135 cm³/mol. The van der Waals surface area contributed by atoms with Gasteiger partial charge in [-0.3, -0.25) is 5.10 Å². The lowest BCUT2D eigenvalue weighted by Crippen LogP contribution is -2.30. The summed E-state index contributed by atoms with van der Waals surface area (Å²) in [6, 6.07) is 31.6. The summed E-state index contributed by atoms with van der Waals surface area (Å²) in [5.74, 6) is 0.423. The number of H-pyrrole nitrogens is 1. The Hall–Kier alpha value is -3.92. The molecule has 1 saturated carbocycles. The molecular formula is C30H27N3O. The Morgan fingerprint density at radius 2 is 1.50 bits per heavy atom. The van der Waals surface area contributed by atoms with Gasteiger partial charge in [-0.25, -0.2) is 0 Å². The molecule has 4 nitrogen and oxygen atoms in total. The van der Waals surface area contributed by atoms with Crippen molar-refractivity contribution in [2.24, 2.45) is 11.1 Å². The second kappa shape index (κ2) is 8.79. The lowest BCUT2D eigenvalue weighted by molar-refractivity contribution is 0.130. The minimum atomic E-state index is -0.236. The fourth-order valence-corrected chi connectivity index (χ4v) is 4.91. The summed E-state index contributed by atoms with van der Waals surface area (Å²) in [6.07, 6.45) is 7.66. The predicted octanol–water partition coefficient (Wildman–Crippen LogP) is 6.30. The zero-order chi connectivity index (χ0) is 22.8. The third-order valence-corrected chi connectivity index (χ3v) is 6.89. The first-order valence-electron chi connectivity index (χ1n) is 12.0. The van der Waals surface area contributed by atoms with Gasteiger partial charge in [-0.05, 0) is 29.5 Å². The van der Waals surface area contributed by atoms with Gasteiger partial charge in [-0.15, -0.1) is 0 Å². The van der Waals surface area contributed by atoms with E-state index in [1.54, 1.807) is 0 Å². The van der Waals surface area contributed by atoms with Crippen LogP contribution in [-0.2, 0) is 23.3 Å². The smallest absolute Gasteiger partial charge is 0.142 e. The van der Waals surface area contributed by atoms with Crippen LogP contribution in [0.2, 0.25) is 0 Å². The van der Waals surface area contributed by atoms with Crippen molar-refractivity contribution in [3.8, 4) is 0 Å². The second-order valence-electron chi connectivity index (χ2n) is 9.19. The standard InChI is InChI=1S/C30H27N3O/c1-4-10-22(11-5-1)21-34-33-28(23-16-17-23)29-26-18-19-30(20-27(26)31-32-29,24-12-6-2-7-13-24)25-14-8-3-9-15-25/h1-15,18-19,23H,16-17,20-21H2,(H,31,32). The highest BCUT2D eigenvalue weighted by molar-refractivity contribution is 6.04. The van der Waals surface area contributed by atoms with Gasteiger partial charge in [0.25, 0.3) is 0 Å². The van der Waals surface area contributed by atoms with Crippen LogP contribution in [0, 0.1) is 5.92 Å². The lowest BCUT2D eigenvalue weighted by atomic mass is 9.68. The zero-order valence-electron chi connectivity index (χ0n) is 19.0. The largest absolute Gasteiger partial charge is 0.391 e. The maximum atomic E-state index is 5.79. The van der Waals surface area contributed by atoms with Gasteiger partial charge in [0, 0.05) is 29.0 Å². The van der Waals surface area contributed by atoms with Crippen molar-refractivity contribution in [1.29, 1.82) is 0 Å². The molecular weight excluding hydrogens is 418 g/mol. The summed E-state index contributed by atoms with van der Waals surface area (Å²) in [5.41, 5.74) is 7.60. The second-order valence-corrected chi connectivity index (χ2v) is 9.19. The third-order valence-electron chi connectivity index (χ3n) is 6.89. The number of fused-ring (bicyclic) bond motifs is 1. The summed E-state index contributed by atoms with van der Waals surface area (Å²) in [5, 5.41) is 12.7. The van der Waals surface area contributed by atoms with Gasteiger partial charge in [-0.2, -0.15) is 5.10 Å². The minimum Gasteiger partial charge on any atom is -0.391 e. The van der Waals surface area contributed by atoms with E-state index in [9.17, 15) is 0 Å². The molecule has 168 valence electrons. The number of aromatic nitrogens is 2. The maximum absolute atomic E-state index is 5.79. The van der Waals surface area contributed by atoms with Crippen molar-refractivity contribution in [3.63, 3.8) is 0 Å². The molecule has 1 aromatic heterocycles. The number of benzene rings is 3. The third kappa shape index (κ3) is 3.86. The molecule has 6 rings (SSSR count). The van der Waals surface area contributed by atoms with Crippen LogP contribution in [0.1, 0.15) is 46.5 Å². The monoisotopic (exact) mass is 445 g/mol. The number of allylic oxidation sites excluding steroid dienone is 1. The molecule has 4 aromatic rings. The number of aromatic amines is 1. The molecule has 0 unspecified atom stereocenters. The molecule has 3 aromatic carbocycles. The highest BCUT2D eigenvalue weighted by Crippen LogP contribution is 2.43. The van der Waals surface area contributed by atoms with E-state index in [4.69, 9.17) is 9.94 Å². The number of hydrogen-bond acceptors (Lipinski definition) is 3. The first kappa shape index (κ1) is 20.7. The van der Waals surface area contributed by atoms with Gasteiger partial charge in [0.2, 0.25) is 0 Å². The number of rotatable bonds is 7. The number of nitrogens with zero attached hydrogens (tertiary/aromatic N) is 2. The number of oxime groups is 1. The Morgan fingerprint density at radius 1 is 0.882 bits per heavy atom. The van der Waals surface area contributed by atoms with E-state index in [-0.39, 0.29) is 5.41 Å². The summed E-state index contributed by atoms with van der Waals surface area (Å²) in [7, 11) is 0. The van der Waals surface area contributed by atoms with E-state index in [1.165, 1.54) is 11.1 Å². The maximum Gasteiger partial charge on any atom is 0.142 e. The minimum absolute atomic E-state index is 0.236. The molecule has 2 aliphatic rings. The highest BCUT2D eigenvalue weighted by atomic mass is 16.6. The Balaban J connectivity index is 1.34. The molecule has 2 aliphatic carbocycles. The Labute approximate surface area is 200 Å². The van der Waals surface area contributed by atoms with Crippen LogP contribution in [0.25, 0.3) is 6.08 Å². The average Bonchev–Trinajstić information content (AvgIpc) is 3.67. The number of nitrogens with one attached hydrogen (secondary N) is 1. The Bertz CT molecular complexity index is 1280. The van der Waals surface area contributed by atoms with Gasteiger partial charge >= 0.3 is 0 Å². The first-order chi connectivity index (χ1) is 16.8. The van der Waals surface area contributed by atoms with Crippen LogP contribution in [0.4, 0.5) is 0 Å². The van der Waals surface area contributed by atoms with Crippen molar-refractivity contribution < 1.29 is 4.84 Å². The summed E-state index contributed by atoms with van der Waals surface area (Å²) in [6.45, 7) is 0.463. The topological polar surface area (TPSA) is 50.3 Å². The molecule has 34 heavy (non-hydrogen) atoms. The van der Waals surface area contributed by atoms with Gasteiger partial charge in [0.15, 0.2) is 0 Å². The van der Waals surface area contributed by atoms with Crippen molar-refractivity contribution in [1.82, 2.24) is 10.2 Å². The summed E-state index contributed by atoms with van der Waals surface area (Å²) < 4.78 is 0. The van der Waals surface area contributed by atoms with Crippen LogP contribution in [0.3, 0.4) is 0 Å². The van der Waals surface area contributed by atoms with E-state index in [0.717, 1.165) is 47.5 Å². The normalized spacial score (nSPS) is 16.8. The Morgan fingerprint density at radius 3 is 2.12 bits per heavy atom. The quantitative estimate of drug-likeness (QED) is 0.268. The fraction of sp³-hybridized carbons (Fsp3) is 0.200. The van der Waals surface area contributed by atoms with Gasteiger partial charge in [0.05, 0.1) is 0 Å². The summed E-state index contributed by atoms with van der Waals surface area (Å²) in [4.78, 5) is 5.79. The molecule has 0 atom stereocenters. The molecule has 1 heterocycles. The fourth-order valence-electron chi connectivity index (χ4n) is 4.91. The SMILES string of the molecule is C1=CC(c2ccccc2)(c2ccccc2)Cc2[nH]nc(C(=NOCc3ccccc3)C3CC3)c21. The summed E-state index contributed by atoms with van der Waals surface area (Å²) >= 11 is 0. The molecule has 0 saturated heterocycles. The Kier molecular flexibility index (Phi) is 5.34. The van der Waals surface area contributed by atoms with Crippen molar-refractivity contribution in [2.45, 2.75) is 31.3 Å². The van der Waals surface area contributed by atoms with Crippen LogP contribution in [0.5, 0.6) is 0 Å².